The van der Waals surface area contributed by atoms with Crippen molar-refractivity contribution in [2.75, 3.05) is 7.11 Å². The van der Waals surface area contributed by atoms with E-state index in [2.05, 4.69) is 27.7 Å². The first-order valence-electron chi connectivity index (χ1n) is 5.77. The molecule has 1 fully saturated rings. The average molecular weight is 228 g/mol. The zero-order chi connectivity index (χ0) is 12.9. The highest BCUT2D eigenvalue weighted by molar-refractivity contribution is 5.73. The molecule has 0 amide bonds. The highest BCUT2D eigenvalue weighted by Crippen LogP contribution is 2.74. The van der Waals surface area contributed by atoms with Crippen molar-refractivity contribution >= 4 is 5.97 Å². The zero-order valence-electron chi connectivity index (χ0n) is 11.4. The second-order valence-electron chi connectivity index (χ2n) is 6.65. The van der Waals surface area contributed by atoms with E-state index in [1.165, 1.54) is 7.11 Å². The minimum Gasteiger partial charge on any atom is -0.479 e. The van der Waals surface area contributed by atoms with Gasteiger partial charge in [0.2, 0.25) is 0 Å². The Hall–Kier alpha value is -0.570. The fraction of sp³-hybridized carbons (Fsp3) is 0.923. The molecule has 1 atom stereocenters. The third-order valence-corrected chi connectivity index (χ3v) is 4.90. The molecule has 1 N–H and O–H groups in total. The van der Waals surface area contributed by atoms with Crippen LogP contribution < -0.4 is 0 Å². The van der Waals surface area contributed by atoms with E-state index in [0.717, 1.165) is 0 Å². The molecule has 94 valence electrons. The Morgan fingerprint density at radius 1 is 1.25 bits per heavy atom. The first-order valence-corrected chi connectivity index (χ1v) is 5.77. The van der Waals surface area contributed by atoms with E-state index in [-0.39, 0.29) is 16.2 Å². The molecule has 1 saturated carbocycles. The van der Waals surface area contributed by atoms with Gasteiger partial charge in [0.15, 0.2) is 6.10 Å². The molecule has 0 aromatic heterocycles. The summed E-state index contributed by atoms with van der Waals surface area (Å²) in [6.45, 7) is 12.8. The van der Waals surface area contributed by atoms with E-state index in [1.807, 2.05) is 13.8 Å². The summed E-state index contributed by atoms with van der Waals surface area (Å²) in [6.07, 6.45) is -0.737. The quantitative estimate of drug-likeness (QED) is 0.804. The maximum absolute atomic E-state index is 11.2. The van der Waals surface area contributed by atoms with E-state index < -0.39 is 12.1 Å². The molecular formula is C13H24O3. The molecule has 0 aliphatic heterocycles. The molecule has 0 spiro atoms. The van der Waals surface area contributed by atoms with Crippen LogP contribution in [0.2, 0.25) is 0 Å². The van der Waals surface area contributed by atoms with Crippen molar-refractivity contribution in [2.24, 2.45) is 22.2 Å². The van der Waals surface area contributed by atoms with Gasteiger partial charge in [0, 0.05) is 12.5 Å². The Kier molecular flexibility index (Phi) is 2.92. The maximum atomic E-state index is 11.2. The van der Waals surface area contributed by atoms with Gasteiger partial charge in [-0.3, -0.25) is 0 Å². The number of methoxy groups -OCH3 is 1. The van der Waals surface area contributed by atoms with Gasteiger partial charge >= 0.3 is 5.97 Å². The smallest absolute Gasteiger partial charge is 0.333 e. The molecule has 0 radical (unpaired) electrons. The number of rotatable bonds is 4. The number of hydrogen-bond acceptors (Lipinski definition) is 2. The van der Waals surface area contributed by atoms with Gasteiger partial charge < -0.3 is 9.84 Å². The zero-order valence-corrected chi connectivity index (χ0v) is 11.4. The van der Waals surface area contributed by atoms with Crippen molar-refractivity contribution in [3.05, 3.63) is 0 Å². The summed E-state index contributed by atoms with van der Waals surface area (Å²) >= 11 is 0. The molecule has 0 bridgehead atoms. The second-order valence-corrected chi connectivity index (χ2v) is 6.65. The van der Waals surface area contributed by atoms with Gasteiger partial charge in [-0.15, -0.1) is 0 Å². The van der Waals surface area contributed by atoms with Crippen molar-refractivity contribution in [3.8, 4) is 0 Å². The number of carboxylic acids is 1. The van der Waals surface area contributed by atoms with E-state index >= 15 is 0 Å². The van der Waals surface area contributed by atoms with Crippen molar-refractivity contribution < 1.29 is 14.6 Å². The summed E-state index contributed by atoms with van der Waals surface area (Å²) < 4.78 is 5.16. The van der Waals surface area contributed by atoms with Crippen molar-refractivity contribution in [2.45, 2.75) is 47.6 Å². The van der Waals surface area contributed by atoms with E-state index in [0.29, 0.717) is 5.92 Å². The van der Waals surface area contributed by atoms with Crippen LogP contribution in [0.5, 0.6) is 0 Å². The number of ether oxygens (including phenoxy) is 1. The minimum absolute atomic E-state index is 0.169. The number of aliphatic carboxylic acids is 1. The molecule has 1 rings (SSSR count). The lowest BCUT2D eigenvalue weighted by Gasteiger charge is -2.32. The fourth-order valence-electron chi connectivity index (χ4n) is 3.93. The topological polar surface area (TPSA) is 46.5 Å². The van der Waals surface area contributed by atoms with Gasteiger partial charge in [0.05, 0.1) is 0 Å². The van der Waals surface area contributed by atoms with Gasteiger partial charge in [-0.05, 0) is 16.7 Å². The van der Waals surface area contributed by atoms with Crippen LogP contribution in [0.4, 0.5) is 0 Å². The summed E-state index contributed by atoms with van der Waals surface area (Å²) in [5.74, 6) is -0.514. The lowest BCUT2D eigenvalue weighted by atomic mass is 9.77. The van der Waals surface area contributed by atoms with Gasteiger partial charge in [0.1, 0.15) is 0 Å². The van der Waals surface area contributed by atoms with Crippen LogP contribution in [0.25, 0.3) is 0 Å². The number of carboxylic acid groups (broad SMARTS) is 1. The predicted molar refractivity (Wildman–Crippen MR) is 63.3 cm³/mol. The normalized spacial score (nSPS) is 25.2. The van der Waals surface area contributed by atoms with Crippen LogP contribution in [0, 0.1) is 22.2 Å². The van der Waals surface area contributed by atoms with Crippen LogP contribution in [0.15, 0.2) is 0 Å². The van der Waals surface area contributed by atoms with Crippen LogP contribution in [-0.4, -0.2) is 24.3 Å². The first kappa shape index (κ1) is 13.5. The molecule has 1 aliphatic rings. The highest BCUT2D eigenvalue weighted by Gasteiger charge is 2.71. The number of hydrogen-bond donors (Lipinski definition) is 1. The van der Waals surface area contributed by atoms with Gasteiger partial charge in [0.25, 0.3) is 0 Å². The summed E-state index contributed by atoms with van der Waals surface area (Å²) in [6, 6.07) is 0. The van der Waals surface area contributed by atoms with Crippen molar-refractivity contribution in [3.63, 3.8) is 0 Å². The molecule has 0 heterocycles. The van der Waals surface area contributed by atoms with Crippen LogP contribution in [0.1, 0.15) is 41.5 Å². The largest absolute Gasteiger partial charge is 0.479 e. The molecular weight excluding hydrogens is 204 g/mol. The standard InChI is InChI=1S/C13H24O3/c1-11(2,8(16-7)9(14)15)10-12(3,4)13(10,5)6/h8,10H,1-7H3,(H,14,15). The van der Waals surface area contributed by atoms with E-state index in [4.69, 9.17) is 4.74 Å². The van der Waals surface area contributed by atoms with Crippen LogP contribution in [-0.2, 0) is 9.53 Å². The fourth-order valence-corrected chi connectivity index (χ4v) is 3.93. The second kappa shape index (κ2) is 3.46. The molecule has 3 heteroatoms. The summed E-state index contributed by atoms with van der Waals surface area (Å²) in [5.41, 5.74) is -0.0148. The Labute approximate surface area is 98.2 Å². The third-order valence-electron chi connectivity index (χ3n) is 4.90. The first-order chi connectivity index (χ1) is 7.01. The summed E-state index contributed by atoms with van der Waals surface area (Å²) in [4.78, 5) is 11.2. The molecule has 16 heavy (non-hydrogen) atoms. The Balaban J connectivity index is 3.01. The lowest BCUT2D eigenvalue weighted by molar-refractivity contribution is -0.157. The summed E-state index contributed by atoms with van der Waals surface area (Å²) in [7, 11) is 1.48. The highest BCUT2D eigenvalue weighted by atomic mass is 16.5. The molecule has 0 aromatic carbocycles. The minimum atomic E-state index is -0.869. The van der Waals surface area contributed by atoms with Crippen LogP contribution in [0.3, 0.4) is 0 Å². The van der Waals surface area contributed by atoms with Crippen molar-refractivity contribution in [1.82, 2.24) is 0 Å². The number of carbonyl (C=O) groups is 1. The molecule has 0 aromatic rings. The van der Waals surface area contributed by atoms with E-state index in [1.54, 1.807) is 0 Å². The SMILES string of the molecule is COC(C(=O)O)C(C)(C)C1C(C)(C)C1(C)C. The lowest BCUT2D eigenvalue weighted by Crippen LogP contribution is -2.41. The third kappa shape index (κ3) is 1.56. The monoisotopic (exact) mass is 228 g/mol. The Morgan fingerprint density at radius 2 is 1.62 bits per heavy atom. The van der Waals surface area contributed by atoms with Gasteiger partial charge in [-0.2, -0.15) is 0 Å². The maximum Gasteiger partial charge on any atom is 0.333 e. The molecule has 1 aliphatic carbocycles. The predicted octanol–water partition coefficient (Wildman–Crippen LogP) is 2.79. The average Bonchev–Trinajstić information content (AvgIpc) is 2.41. The van der Waals surface area contributed by atoms with Crippen molar-refractivity contribution in [1.29, 1.82) is 0 Å². The Morgan fingerprint density at radius 3 is 1.81 bits per heavy atom. The summed E-state index contributed by atoms with van der Waals surface area (Å²) in [5, 5.41) is 9.20. The van der Waals surface area contributed by atoms with Crippen LogP contribution >= 0.6 is 0 Å². The van der Waals surface area contributed by atoms with Gasteiger partial charge in [-0.25, -0.2) is 4.79 Å². The molecule has 1 unspecified atom stereocenters. The Bertz CT molecular complexity index is 288. The van der Waals surface area contributed by atoms with Gasteiger partial charge in [-0.1, -0.05) is 41.5 Å². The molecule has 3 nitrogen and oxygen atoms in total. The molecule has 0 saturated heterocycles. The van der Waals surface area contributed by atoms with E-state index in [9.17, 15) is 9.90 Å².